The Hall–Kier alpha value is -4.02. The van der Waals surface area contributed by atoms with Crippen molar-refractivity contribution in [3.63, 3.8) is 0 Å². The van der Waals surface area contributed by atoms with Gasteiger partial charge in [0.2, 0.25) is 11.8 Å². The lowest BCUT2D eigenvalue weighted by Gasteiger charge is -2.29. The number of rotatable bonds is 3. The number of carbonyl (C=O) groups excluding carboxylic acids is 4. The second-order valence-corrected chi connectivity index (χ2v) is 7.51. The molecule has 5 rings (SSSR count). The standard InChI is InChI=1S/C21H15F2N3O6/c22-21(23)31-15-6-4-10(8-16(15)32-21)18(28)24-13-3-1-2-11-12(13)9-26(20(11)30)14-5-7-17(27)25-19(14)29/h1-4,6,8,14H,5,7,9H2,(H,24,28)(H,25,27,29). The maximum absolute atomic E-state index is 13.2. The largest absolute Gasteiger partial charge is 0.586 e. The number of carbonyl (C=O) groups is 4. The molecule has 2 aromatic carbocycles. The minimum absolute atomic E-state index is 0.0500. The summed E-state index contributed by atoms with van der Waals surface area (Å²) in [4.78, 5) is 50.6. The number of alkyl halides is 2. The highest BCUT2D eigenvalue weighted by Crippen LogP contribution is 2.41. The lowest BCUT2D eigenvalue weighted by molar-refractivity contribution is -0.286. The molecule has 2 N–H and O–H groups in total. The first-order chi connectivity index (χ1) is 15.2. The number of ether oxygens (including phenoxy) is 2. The van der Waals surface area contributed by atoms with Gasteiger partial charge in [-0.25, -0.2) is 0 Å². The highest BCUT2D eigenvalue weighted by molar-refractivity contribution is 6.09. The zero-order valence-corrected chi connectivity index (χ0v) is 16.3. The van der Waals surface area contributed by atoms with E-state index in [4.69, 9.17) is 0 Å². The quantitative estimate of drug-likeness (QED) is 0.702. The van der Waals surface area contributed by atoms with E-state index in [-0.39, 0.29) is 48.3 Å². The van der Waals surface area contributed by atoms with E-state index in [1.807, 2.05) is 0 Å². The van der Waals surface area contributed by atoms with Crippen molar-refractivity contribution < 1.29 is 37.4 Å². The average molecular weight is 443 g/mol. The van der Waals surface area contributed by atoms with Gasteiger partial charge in [0.25, 0.3) is 11.8 Å². The SMILES string of the molecule is O=C1CCC(N2Cc3c(NC(=O)c4ccc5c(c4)OC(F)(F)O5)cccc3C2=O)C(=O)N1. The number of nitrogens with zero attached hydrogens (tertiary/aromatic N) is 1. The third kappa shape index (κ3) is 3.31. The molecule has 1 atom stereocenters. The number of hydrogen-bond donors (Lipinski definition) is 2. The summed E-state index contributed by atoms with van der Waals surface area (Å²) in [6.45, 7) is 0.0737. The molecule has 1 saturated heterocycles. The summed E-state index contributed by atoms with van der Waals surface area (Å²) in [5.41, 5.74) is 1.24. The zero-order valence-electron chi connectivity index (χ0n) is 16.3. The van der Waals surface area contributed by atoms with Crippen molar-refractivity contribution in [2.75, 3.05) is 5.32 Å². The predicted molar refractivity (Wildman–Crippen MR) is 103 cm³/mol. The van der Waals surface area contributed by atoms with Gasteiger partial charge in [-0.1, -0.05) is 6.07 Å². The number of imide groups is 1. The molecule has 0 saturated carbocycles. The molecule has 3 heterocycles. The Balaban J connectivity index is 1.37. The molecule has 3 aliphatic heterocycles. The van der Waals surface area contributed by atoms with E-state index in [9.17, 15) is 28.0 Å². The van der Waals surface area contributed by atoms with Crippen molar-refractivity contribution in [3.05, 3.63) is 53.1 Å². The Labute approximate surface area is 179 Å². The molecule has 1 unspecified atom stereocenters. The van der Waals surface area contributed by atoms with Gasteiger partial charge in [-0.05, 0) is 36.8 Å². The zero-order chi connectivity index (χ0) is 22.6. The Bertz CT molecular complexity index is 1200. The number of halogens is 2. The Morgan fingerprint density at radius 3 is 2.69 bits per heavy atom. The summed E-state index contributed by atoms with van der Waals surface area (Å²) in [5.74, 6) is -2.35. The summed E-state index contributed by atoms with van der Waals surface area (Å²) < 4.78 is 35.1. The van der Waals surface area contributed by atoms with E-state index < -0.39 is 24.2 Å². The van der Waals surface area contributed by atoms with Crippen molar-refractivity contribution in [1.29, 1.82) is 0 Å². The van der Waals surface area contributed by atoms with Crippen LogP contribution in [0.5, 0.6) is 11.5 Å². The maximum Gasteiger partial charge on any atom is 0.586 e. The van der Waals surface area contributed by atoms with Crippen LogP contribution in [-0.4, -0.2) is 40.9 Å². The Morgan fingerprint density at radius 2 is 1.91 bits per heavy atom. The van der Waals surface area contributed by atoms with Crippen molar-refractivity contribution >= 4 is 29.3 Å². The van der Waals surface area contributed by atoms with Gasteiger partial charge in [0.15, 0.2) is 11.5 Å². The molecule has 1 fully saturated rings. The number of hydrogen-bond acceptors (Lipinski definition) is 6. The van der Waals surface area contributed by atoms with Gasteiger partial charge in [-0.2, -0.15) is 0 Å². The highest BCUT2D eigenvalue weighted by atomic mass is 19.3. The van der Waals surface area contributed by atoms with Crippen molar-refractivity contribution in [2.24, 2.45) is 0 Å². The molecule has 2 aromatic rings. The van der Waals surface area contributed by atoms with Crippen LogP contribution < -0.4 is 20.1 Å². The van der Waals surface area contributed by atoms with Gasteiger partial charge in [0.05, 0.1) is 0 Å². The van der Waals surface area contributed by atoms with Crippen LogP contribution in [-0.2, 0) is 16.1 Å². The van der Waals surface area contributed by atoms with E-state index in [1.54, 1.807) is 18.2 Å². The van der Waals surface area contributed by atoms with Crippen LogP contribution in [0.4, 0.5) is 14.5 Å². The molecule has 3 aliphatic rings. The molecule has 4 amide bonds. The minimum Gasteiger partial charge on any atom is -0.395 e. The fourth-order valence-corrected chi connectivity index (χ4v) is 3.99. The molecule has 0 radical (unpaired) electrons. The van der Waals surface area contributed by atoms with E-state index in [2.05, 4.69) is 20.1 Å². The second kappa shape index (κ2) is 7.01. The van der Waals surface area contributed by atoms with Crippen LogP contribution in [0.3, 0.4) is 0 Å². The molecule has 11 heteroatoms. The molecule has 164 valence electrons. The molecule has 32 heavy (non-hydrogen) atoms. The van der Waals surface area contributed by atoms with Gasteiger partial charge in [0, 0.05) is 35.3 Å². The second-order valence-electron chi connectivity index (χ2n) is 7.51. The van der Waals surface area contributed by atoms with Crippen LogP contribution in [0.25, 0.3) is 0 Å². The van der Waals surface area contributed by atoms with Gasteiger partial charge < -0.3 is 19.7 Å². The third-order valence-electron chi connectivity index (χ3n) is 5.49. The normalized spacial score (nSPS) is 20.8. The van der Waals surface area contributed by atoms with E-state index in [1.165, 1.54) is 17.0 Å². The Morgan fingerprint density at radius 1 is 1.12 bits per heavy atom. The Kier molecular flexibility index (Phi) is 4.36. The van der Waals surface area contributed by atoms with Crippen molar-refractivity contribution in [2.45, 2.75) is 31.7 Å². The lowest BCUT2D eigenvalue weighted by atomic mass is 10.0. The van der Waals surface area contributed by atoms with Crippen LogP contribution in [0.2, 0.25) is 0 Å². The average Bonchev–Trinajstić information content (AvgIpc) is 3.23. The summed E-state index contributed by atoms with van der Waals surface area (Å²) in [6.07, 6.45) is -3.45. The summed E-state index contributed by atoms with van der Waals surface area (Å²) in [7, 11) is 0. The predicted octanol–water partition coefficient (Wildman–Crippen LogP) is 2.02. The molecule has 9 nitrogen and oxygen atoms in total. The first kappa shape index (κ1) is 19.9. The number of nitrogens with one attached hydrogen (secondary N) is 2. The third-order valence-corrected chi connectivity index (χ3v) is 5.49. The molecular weight excluding hydrogens is 428 g/mol. The number of piperidine rings is 1. The topological polar surface area (TPSA) is 114 Å². The summed E-state index contributed by atoms with van der Waals surface area (Å²) in [6, 6.07) is 7.63. The number of fused-ring (bicyclic) bond motifs is 2. The molecule has 0 aromatic heterocycles. The van der Waals surface area contributed by atoms with Crippen LogP contribution >= 0.6 is 0 Å². The fourth-order valence-electron chi connectivity index (χ4n) is 3.99. The maximum atomic E-state index is 13.2. The van der Waals surface area contributed by atoms with Crippen molar-refractivity contribution in [1.82, 2.24) is 10.2 Å². The van der Waals surface area contributed by atoms with E-state index in [0.717, 1.165) is 6.07 Å². The van der Waals surface area contributed by atoms with Crippen LogP contribution in [0.15, 0.2) is 36.4 Å². The van der Waals surface area contributed by atoms with Gasteiger partial charge >= 0.3 is 6.29 Å². The lowest BCUT2D eigenvalue weighted by Crippen LogP contribution is -2.52. The van der Waals surface area contributed by atoms with E-state index >= 15 is 0 Å². The first-order valence-electron chi connectivity index (χ1n) is 9.70. The number of anilines is 1. The van der Waals surface area contributed by atoms with Crippen molar-refractivity contribution in [3.8, 4) is 11.5 Å². The van der Waals surface area contributed by atoms with Crippen LogP contribution in [0.1, 0.15) is 39.1 Å². The van der Waals surface area contributed by atoms with E-state index in [0.29, 0.717) is 16.8 Å². The highest BCUT2D eigenvalue weighted by Gasteiger charge is 2.44. The summed E-state index contributed by atoms with van der Waals surface area (Å²) in [5, 5.41) is 4.91. The minimum atomic E-state index is -3.79. The molecular formula is C21H15F2N3O6. The van der Waals surface area contributed by atoms with Gasteiger partial charge in [-0.15, -0.1) is 8.78 Å². The summed E-state index contributed by atoms with van der Waals surface area (Å²) >= 11 is 0. The number of amides is 4. The fraction of sp³-hybridized carbons (Fsp3) is 0.238. The van der Waals surface area contributed by atoms with Crippen LogP contribution in [0, 0.1) is 0 Å². The molecule has 0 spiro atoms. The monoisotopic (exact) mass is 443 g/mol. The first-order valence-corrected chi connectivity index (χ1v) is 9.70. The van der Waals surface area contributed by atoms with Gasteiger partial charge in [-0.3, -0.25) is 24.5 Å². The smallest absolute Gasteiger partial charge is 0.395 e. The number of benzene rings is 2. The van der Waals surface area contributed by atoms with Gasteiger partial charge in [0.1, 0.15) is 6.04 Å². The molecule has 0 bridgehead atoms. The molecule has 0 aliphatic carbocycles.